The number of hydrogen-bond acceptors (Lipinski definition) is 8. The van der Waals surface area contributed by atoms with Crippen LogP contribution in [0.4, 0.5) is 5.69 Å². The molecule has 11 nitrogen and oxygen atoms in total. The topological polar surface area (TPSA) is 146 Å². The van der Waals surface area contributed by atoms with Crippen molar-refractivity contribution in [3.05, 3.63) is 89.5 Å². The van der Waals surface area contributed by atoms with E-state index in [9.17, 15) is 28.2 Å². The molecule has 0 radical (unpaired) electrons. The fourth-order valence-electron chi connectivity index (χ4n) is 5.70. The number of ether oxygens (including phenoxy) is 2. The van der Waals surface area contributed by atoms with Crippen molar-refractivity contribution in [2.24, 2.45) is 5.92 Å². The van der Waals surface area contributed by atoms with Crippen molar-refractivity contribution in [2.45, 2.75) is 69.7 Å². The molecule has 0 saturated carbocycles. The number of sulfonamides is 1. The first-order valence-electron chi connectivity index (χ1n) is 16.3. The number of carbonyl (C=O) groups is 2. The molecule has 0 aromatic heterocycles. The molecule has 12 heteroatoms. The maximum Gasteiger partial charge on any atom is 0.335 e. The molecule has 0 spiro atoms. The number of nitrogens with one attached hydrogen (secondary N) is 1. The van der Waals surface area contributed by atoms with Gasteiger partial charge in [0.1, 0.15) is 5.75 Å². The number of likely N-dealkylation sites (N-methyl/N-ethyl adjacent to an activating group) is 1. The van der Waals surface area contributed by atoms with Crippen LogP contribution in [0.1, 0.15) is 66.3 Å². The van der Waals surface area contributed by atoms with Gasteiger partial charge in [0.25, 0.3) is 15.9 Å². The predicted octanol–water partition coefficient (Wildman–Crippen LogP) is 5.11. The first-order chi connectivity index (χ1) is 22.9. The van der Waals surface area contributed by atoms with Gasteiger partial charge in [0.2, 0.25) is 0 Å². The minimum atomic E-state index is -3.91. The van der Waals surface area contributed by atoms with Gasteiger partial charge >= 0.3 is 5.97 Å². The van der Waals surface area contributed by atoms with Crippen molar-refractivity contribution in [3.63, 3.8) is 0 Å². The fraction of sp³-hybridized carbons (Fsp3) is 0.444. The van der Waals surface area contributed by atoms with Gasteiger partial charge in [0.15, 0.2) is 0 Å². The largest absolute Gasteiger partial charge is 0.490 e. The number of carboxylic acid groups (broad SMARTS) is 1. The number of aromatic carboxylic acids is 1. The molecule has 4 atom stereocenters. The number of fused-ring (bicyclic) bond motifs is 1. The van der Waals surface area contributed by atoms with Crippen LogP contribution in [0, 0.1) is 5.92 Å². The number of carboxylic acids is 1. The second kappa shape index (κ2) is 16.9. The van der Waals surface area contributed by atoms with E-state index in [2.05, 4.69) is 9.62 Å². The summed E-state index contributed by atoms with van der Waals surface area (Å²) in [6, 6.07) is 18.9. The number of nitrogens with zero attached hydrogens (tertiary/aromatic N) is 2. The zero-order chi connectivity index (χ0) is 34.8. The molecule has 3 aromatic carbocycles. The lowest BCUT2D eigenvalue weighted by Crippen LogP contribution is -2.47. The van der Waals surface area contributed by atoms with Gasteiger partial charge in [-0.15, -0.1) is 0 Å². The van der Waals surface area contributed by atoms with Crippen LogP contribution in [-0.2, 0) is 21.3 Å². The minimum Gasteiger partial charge on any atom is -0.490 e. The van der Waals surface area contributed by atoms with Crippen molar-refractivity contribution in [2.75, 3.05) is 38.1 Å². The Labute approximate surface area is 283 Å². The van der Waals surface area contributed by atoms with Crippen LogP contribution in [-0.4, -0.2) is 91.9 Å². The summed E-state index contributed by atoms with van der Waals surface area (Å²) < 4.78 is 41.5. The van der Waals surface area contributed by atoms with E-state index in [1.165, 1.54) is 18.2 Å². The number of aliphatic hydroxyl groups is 1. The molecule has 3 aromatic rings. The van der Waals surface area contributed by atoms with Crippen LogP contribution < -0.4 is 9.46 Å². The van der Waals surface area contributed by atoms with Crippen LogP contribution in [0.25, 0.3) is 0 Å². The Hall–Kier alpha value is -3.97. The molecule has 1 amide bonds. The fourth-order valence-corrected chi connectivity index (χ4v) is 6.77. The average Bonchev–Trinajstić information content (AvgIpc) is 3.06. The smallest absolute Gasteiger partial charge is 0.335 e. The summed E-state index contributed by atoms with van der Waals surface area (Å²) in [6.45, 7) is 7.37. The van der Waals surface area contributed by atoms with Crippen LogP contribution in [0.3, 0.4) is 0 Å². The molecule has 260 valence electrons. The highest BCUT2D eigenvalue weighted by Gasteiger charge is 2.30. The Bertz CT molecular complexity index is 1620. The third kappa shape index (κ3) is 10.0. The van der Waals surface area contributed by atoms with Crippen molar-refractivity contribution < 1.29 is 37.7 Å². The highest BCUT2D eigenvalue weighted by atomic mass is 32.2. The van der Waals surface area contributed by atoms with Crippen LogP contribution in [0.15, 0.2) is 77.7 Å². The molecule has 0 aliphatic carbocycles. The second-order valence-electron chi connectivity index (χ2n) is 12.6. The molecule has 1 aliphatic rings. The van der Waals surface area contributed by atoms with Gasteiger partial charge in [-0.1, -0.05) is 37.3 Å². The first-order valence-corrected chi connectivity index (χ1v) is 17.8. The third-order valence-electron chi connectivity index (χ3n) is 8.50. The normalized spacial score (nSPS) is 20.3. The number of anilines is 1. The van der Waals surface area contributed by atoms with Gasteiger partial charge < -0.3 is 24.6 Å². The maximum absolute atomic E-state index is 14.4. The van der Waals surface area contributed by atoms with Crippen molar-refractivity contribution in [1.82, 2.24) is 9.80 Å². The first kappa shape index (κ1) is 36.9. The van der Waals surface area contributed by atoms with Crippen molar-refractivity contribution in [3.8, 4) is 5.75 Å². The minimum absolute atomic E-state index is 0.0962. The average molecular weight is 682 g/mol. The van der Waals surface area contributed by atoms with E-state index in [-0.39, 0.29) is 53.0 Å². The summed E-state index contributed by atoms with van der Waals surface area (Å²) in [4.78, 5) is 29.4. The second-order valence-corrected chi connectivity index (χ2v) is 14.3. The Morgan fingerprint density at radius 2 is 1.77 bits per heavy atom. The Morgan fingerprint density at radius 1 is 1.06 bits per heavy atom. The summed E-state index contributed by atoms with van der Waals surface area (Å²) in [6.07, 6.45) is 1.92. The van der Waals surface area contributed by atoms with E-state index in [0.29, 0.717) is 25.4 Å². The molecule has 4 rings (SSSR count). The number of carbonyl (C=O) groups excluding carboxylic acids is 1. The SMILES string of the molecule is C[C@H]1CCCCO[C@@H](CN(C)Cc2ccc(C(=O)O)cc2)[C@@H](C)CN([C@@H](C)CO)C(=O)c2cc(NS(=O)(=O)c3ccccc3)ccc2O1. The third-order valence-corrected chi connectivity index (χ3v) is 9.90. The summed E-state index contributed by atoms with van der Waals surface area (Å²) in [5.74, 6) is -1.17. The summed E-state index contributed by atoms with van der Waals surface area (Å²) in [5.41, 5.74) is 1.60. The highest BCUT2D eigenvalue weighted by Crippen LogP contribution is 2.29. The molecule has 1 aliphatic heterocycles. The van der Waals surface area contributed by atoms with E-state index in [1.807, 2.05) is 20.9 Å². The van der Waals surface area contributed by atoms with E-state index >= 15 is 0 Å². The lowest BCUT2D eigenvalue weighted by atomic mass is 10.0. The van der Waals surface area contributed by atoms with E-state index < -0.39 is 27.9 Å². The van der Waals surface area contributed by atoms with Crippen LogP contribution in [0.5, 0.6) is 5.75 Å². The molecule has 0 bridgehead atoms. The monoisotopic (exact) mass is 681 g/mol. The lowest BCUT2D eigenvalue weighted by molar-refractivity contribution is -0.0177. The molecular formula is C36H47N3O8S. The van der Waals surface area contributed by atoms with E-state index in [1.54, 1.807) is 66.4 Å². The maximum atomic E-state index is 14.4. The number of amides is 1. The number of rotatable bonds is 10. The van der Waals surface area contributed by atoms with Gasteiger partial charge in [0, 0.05) is 37.8 Å². The lowest BCUT2D eigenvalue weighted by Gasteiger charge is -2.36. The number of benzene rings is 3. The summed E-state index contributed by atoms with van der Waals surface area (Å²) >= 11 is 0. The molecule has 0 unspecified atom stereocenters. The van der Waals surface area contributed by atoms with E-state index in [0.717, 1.165) is 24.8 Å². The van der Waals surface area contributed by atoms with Crippen LogP contribution in [0.2, 0.25) is 0 Å². The number of aliphatic hydroxyl groups excluding tert-OH is 1. The zero-order valence-corrected chi connectivity index (χ0v) is 28.9. The van der Waals surface area contributed by atoms with Crippen molar-refractivity contribution in [1.29, 1.82) is 0 Å². The van der Waals surface area contributed by atoms with Gasteiger partial charge in [-0.3, -0.25) is 14.4 Å². The summed E-state index contributed by atoms with van der Waals surface area (Å²) in [7, 11) is -1.94. The Morgan fingerprint density at radius 3 is 2.44 bits per heavy atom. The molecule has 48 heavy (non-hydrogen) atoms. The van der Waals surface area contributed by atoms with Crippen molar-refractivity contribution >= 4 is 27.6 Å². The predicted molar refractivity (Wildman–Crippen MR) is 184 cm³/mol. The van der Waals surface area contributed by atoms with Gasteiger partial charge in [-0.2, -0.15) is 0 Å². The highest BCUT2D eigenvalue weighted by molar-refractivity contribution is 7.92. The van der Waals surface area contributed by atoms with Crippen LogP contribution >= 0.6 is 0 Å². The standard InChI is InChI=1S/C36H47N3O8S/c1-25-21-39(26(2)24-40)35(41)32-20-30(37-48(44,45)31-11-6-5-7-12-31)17-18-33(32)47-27(3)10-8-9-19-46-34(25)23-38(4)22-28-13-15-29(16-14-28)36(42)43/h5-7,11-18,20,25-27,34,37,40H,8-10,19,21-24H2,1-4H3,(H,42,43)/t25-,26-,27-,34-/m0/s1. The molecular weight excluding hydrogens is 634 g/mol. The molecule has 3 N–H and O–H groups in total. The number of hydrogen-bond donors (Lipinski definition) is 3. The molecule has 0 saturated heterocycles. The van der Waals surface area contributed by atoms with E-state index in [4.69, 9.17) is 9.47 Å². The van der Waals surface area contributed by atoms with Gasteiger partial charge in [-0.05, 0) is 88.2 Å². The summed E-state index contributed by atoms with van der Waals surface area (Å²) in [5, 5.41) is 19.5. The zero-order valence-electron chi connectivity index (χ0n) is 28.0. The molecule has 0 fully saturated rings. The van der Waals surface area contributed by atoms with Gasteiger partial charge in [0.05, 0.1) is 40.9 Å². The Kier molecular flexibility index (Phi) is 13.0. The Balaban J connectivity index is 1.61. The van der Waals surface area contributed by atoms with Gasteiger partial charge in [-0.25, -0.2) is 13.2 Å². The molecule has 1 heterocycles. The quantitative estimate of drug-likeness (QED) is 0.266.